The molecule has 0 radical (unpaired) electrons. The first kappa shape index (κ1) is 24.5. The number of methoxy groups -OCH3 is 1. The van der Waals surface area contributed by atoms with Gasteiger partial charge in [-0.1, -0.05) is 105 Å². The SMILES string of the molecule is COc1ccc(/C=C2\CC[C@@H](O)[C@@H]2CO[Si](c2ccccc2)(c2ccccc2)C(C)(C)C)cc1. The zero-order chi connectivity index (χ0) is 24.2. The van der Waals surface area contributed by atoms with Gasteiger partial charge in [-0.25, -0.2) is 0 Å². The molecule has 1 aliphatic carbocycles. The number of hydrogen-bond acceptors (Lipinski definition) is 3. The van der Waals surface area contributed by atoms with E-state index in [2.05, 4.69) is 99.6 Å². The second-order valence-corrected chi connectivity index (χ2v) is 14.5. The van der Waals surface area contributed by atoms with Gasteiger partial charge in [-0.3, -0.25) is 0 Å². The van der Waals surface area contributed by atoms with Crippen LogP contribution in [-0.2, 0) is 4.43 Å². The lowest BCUT2D eigenvalue weighted by Gasteiger charge is -2.43. The third kappa shape index (κ3) is 4.90. The Morgan fingerprint density at radius 1 is 0.882 bits per heavy atom. The summed E-state index contributed by atoms with van der Waals surface area (Å²) in [4.78, 5) is 0. The van der Waals surface area contributed by atoms with Crippen LogP contribution in [0.4, 0.5) is 0 Å². The van der Waals surface area contributed by atoms with Crippen LogP contribution in [0.1, 0.15) is 39.2 Å². The van der Waals surface area contributed by atoms with E-state index in [-0.39, 0.29) is 17.1 Å². The van der Waals surface area contributed by atoms with Gasteiger partial charge in [-0.15, -0.1) is 0 Å². The first-order valence-corrected chi connectivity index (χ1v) is 14.0. The average Bonchev–Trinajstić information content (AvgIpc) is 3.19. The van der Waals surface area contributed by atoms with Crippen molar-refractivity contribution in [1.82, 2.24) is 0 Å². The monoisotopic (exact) mass is 472 g/mol. The Hall–Kier alpha value is -2.66. The molecule has 3 aromatic carbocycles. The van der Waals surface area contributed by atoms with Crippen molar-refractivity contribution >= 4 is 24.8 Å². The number of hydrogen-bond donors (Lipinski definition) is 1. The van der Waals surface area contributed by atoms with Gasteiger partial charge in [-0.05, 0) is 45.9 Å². The van der Waals surface area contributed by atoms with Crippen LogP contribution in [0.2, 0.25) is 5.04 Å². The molecule has 4 heteroatoms. The van der Waals surface area contributed by atoms with E-state index in [0.717, 1.165) is 24.2 Å². The van der Waals surface area contributed by atoms with E-state index in [1.165, 1.54) is 15.9 Å². The van der Waals surface area contributed by atoms with Gasteiger partial charge in [0, 0.05) is 12.5 Å². The van der Waals surface area contributed by atoms with E-state index >= 15 is 0 Å². The van der Waals surface area contributed by atoms with Crippen molar-refractivity contribution in [3.63, 3.8) is 0 Å². The molecule has 0 heterocycles. The highest BCUT2D eigenvalue weighted by molar-refractivity contribution is 6.99. The number of benzene rings is 3. The zero-order valence-electron chi connectivity index (χ0n) is 20.7. The first-order valence-electron chi connectivity index (χ1n) is 12.1. The maximum Gasteiger partial charge on any atom is 0.261 e. The lowest BCUT2D eigenvalue weighted by Crippen LogP contribution is -2.67. The Kier molecular flexibility index (Phi) is 7.41. The second kappa shape index (κ2) is 10.3. The van der Waals surface area contributed by atoms with Crippen molar-refractivity contribution in [3.05, 3.63) is 96.1 Å². The van der Waals surface area contributed by atoms with Gasteiger partial charge < -0.3 is 14.3 Å². The lowest BCUT2D eigenvalue weighted by molar-refractivity contribution is 0.107. The van der Waals surface area contributed by atoms with Crippen molar-refractivity contribution in [3.8, 4) is 5.75 Å². The summed E-state index contributed by atoms with van der Waals surface area (Å²) in [6, 6.07) is 29.5. The minimum Gasteiger partial charge on any atom is -0.497 e. The van der Waals surface area contributed by atoms with Crippen LogP contribution in [-0.4, -0.2) is 33.2 Å². The summed E-state index contributed by atoms with van der Waals surface area (Å²) in [6.45, 7) is 7.38. The third-order valence-electron chi connectivity index (χ3n) is 7.03. The molecule has 3 nitrogen and oxygen atoms in total. The highest BCUT2D eigenvalue weighted by Gasteiger charge is 2.50. The predicted molar refractivity (Wildman–Crippen MR) is 143 cm³/mol. The van der Waals surface area contributed by atoms with Crippen LogP contribution >= 0.6 is 0 Å². The minimum absolute atomic E-state index is 0.0104. The van der Waals surface area contributed by atoms with Crippen LogP contribution in [0.3, 0.4) is 0 Å². The molecule has 178 valence electrons. The maximum atomic E-state index is 10.9. The summed E-state index contributed by atoms with van der Waals surface area (Å²) in [6.07, 6.45) is 3.50. The Morgan fingerprint density at radius 2 is 1.44 bits per heavy atom. The Morgan fingerprint density at radius 3 is 1.94 bits per heavy atom. The molecule has 3 aromatic rings. The number of ether oxygens (including phenoxy) is 1. The first-order chi connectivity index (χ1) is 16.3. The molecule has 0 unspecified atom stereocenters. The fraction of sp³-hybridized carbons (Fsp3) is 0.333. The molecular formula is C30H36O3Si. The average molecular weight is 473 g/mol. The summed E-state index contributed by atoms with van der Waals surface area (Å²) in [7, 11) is -0.956. The van der Waals surface area contributed by atoms with Crippen molar-refractivity contribution < 1.29 is 14.3 Å². The molecule has 1 N–H and O–H groups in total. The third-order valence-corrected chi connectivity index (χ3v) is 12.0. The summed E-state index contributed by atoms with van der Waals surface area (Å²) < 4.78 is 12.4. The molecule has 1 saturated carbocycles. The molecular weight excluding hydrogens is 436 g/mol. The largest absolute Gasteiger partial charge is 0.497 e. The summed E-state index contributed by atoms with van der Waals surface area (Å²) >= 11 is 0. The molecule has 0 aromatic heterocycles. The number of rotatable bonds is 7. The standard InChI is InChI=1S/C30H36O3Si/c1-30(2,3)34(26-11-7-5-8-12-26,27-13-9-6-10-14-27)33-22-28-24(17-20-29(28)31)21-23-15-18-25(32-4)19-16-23/h5-16,18-19,21,28-29,31H,17,20,22H2,1-4H3/b24-21+/t28-,29-/m1/s1. The van der Waals surface area contributed by atoms with Crippen molar-refractivity contribution in [2.24, 2.45) is 5.92 Å². The lowest BCUT2D eigenvalue weighted by atomic mass is 10.00. The van der Waals surface area contributed by atoms with Gasteiger partial charge in [-0.2, -0.15) is 0 Å². The molecule has 0 spiro atoms. The van der Waals surface area contributed by atoms with Gasteiger partial charge in [0.05, 0.1) is 13.2 Å². The molecule has 0 amide bonds. The topological polar surface area (TPSA) is 38.7 Å². The normalized spacial score (nSPS) is 20.0. The van der Waals surface area contributed by atoms with Crippen LogP contribution in [0.15, 0.2) is 90.5 Å². The van der Waals surface area contributed by atoms with E-state index in [1.54, 1.807) is 7.11 Å². The van der Waals surface area contributed by atoms with Crippen LogP contribution < -0.4 is 15.1 Å². The van der Waals surface area contributed by atoms with Gasteiger partial charge in [0.15, 0.2) is 0 Å². The summed E-state index contributed by atoms with van der Waals surface area (Å²) in [5.41, 5.74) is 2.39. The molecule has 34 heavy (non-hydrogen) atoms. The fourth-order valence-corrected chi connectivity index (χ4v) is 9.82. The molecule has 0 aliphatic heterocycles. The second-order valence-electron chi connectivity index (χ2n) is 10.2. The Labute approximate surface area is 205 Å². The molecule has 1 aliphatic rings. The van der Waals surface area contributed by atoms with E-state index in [9.17, 15) is 5.11 Å². The van der Waals surface area contributed by atoms with Crippen molar-refractivity contribution in [2.75, 3.05) is 13.7 Å². The van der Waals surface area contributed by atoms with Gasteiger partial charge in [0.2, 0.25) is 0 Å². The highest BCUT2D eigenvalue weighted by Crippen LogP contribution is 2.39. The van der Waals surface area contributed by atoms with Crippen LogP contribution in [0.5, 0.6) is 5.75 Å². The minimum atomic E-state index is -2.64. The maximum absolute atomic E-state index is 10.9. The highest BCUT2D eigenvalue weighted by atomic mass is 28.4. The van der Waals surface area contributed by atoms with Gasteiger partial charge in [0.25, 0.3) is 8.32 Å². The quantitative estimate of drug-likeness (QED) is 0.466. The van der Waals surface area contributed by atoms with Gasteiger partial charge in [0.1, 0.15) is 5.75 Å². The van der Waals surface area contributed by atoms with E-state index in [4.69, 9.17) is 9.16 Å². The Balaban J connectivity index is 1.69. The van der Waals surface area contributed by atoms with Gasteiger partial charge >= 0.3 is 0 Å². The fourth-order valence-electron chi connectivity index (χ4n) is 5.24. The molecule has 2 atom stereocenters. The summed E-state index contributed by atoms with van der Waals surface area (Å²) in [5, 5.41) is 13.4. The molecule has 4 rings (SSSR count). The van der Waals surface area contributed by atoms with E-state index < -0.39 is 8.32 Å². The van der Waals surface area contributed by atoms with Crippen LogP contribution in [0, 0.1) is 5.92 Å². The predicted octanol–water partition coefficient (Wildman–Crippen LogP) is 5.43. The van der Waals surface area contributed by atoms with Crippen molar-refractivity contribution in [2.45, 2.75) is 44.8 Å². The molecule has 0 saturated heterocycles. The van der Waals surface area contributed by atoms with Crippen LogP contribution in [0.25, 0.3) is 6.08 Å². The van der Waals surface area contributed by atoms with E-state index in [1.807, 2.05) is 12.1 Å². The Bertz CT molecular complexity index is 1050. The summed E-state index contributed by atoms with van der Waals surface area (Å²) in [5.74, 6) is 0.837. The number of aliphatic hydroxyl groups is 1. The van der Waals surface area contributed by atoms with Crippen molar-refractivity contribution in [1.29, 1.82) is 0 Å². The zero-order valence-corrected chi connectivity index (χ0v) is 21.7. The molecule has 1 fully saturated rings. The number of aliphatic hydroxyl groups excluding tert-OH is 1. The molecule has 0 bridgehead atoms. The van der Waals surface area contributed by atoms with E-state index in [0.29, 0.717) is 6.61 Å². The smallest absolute Gasteiger partial charge is 0.261 e.